The van der Waals surface area contributed by atoms with E-state index in [9.17, 15) is 4.79 Å². The van der Waals surface area contributed by atoms with Gasteiger partial charge in [0.1, 0.15) is 18.6 Å². The summed E-state index contributed by atoms with van der Waals surface area (Å²) < 4.78 is 9.78. The van der Waals surface area contributed by atoms with E-state index >= 15 is 0 Å². The van der Waals surface area contributed by atoms with Gasteiger partial charge in [-0.05, 0) is 18.8 Å². The Labute approximate surface area is 95.0 Å². The Balaban J connectivity index is 1.67. The molecule has 0 spiro atoms. The van der Waals surface area contributed by atoms with Crippen LogP contribution in [0.2, 0.25) is 0 Å². The van der Waals surface area contributed by atoms with Gasteiger partial charge in [0.05, 0.1) is 0 Å². The highest BCUT2D eigenvalue weighted by Crippen LogP contribution is 2.26. The first-order valence-electron chi connectivity index (χ1n) is 5.89. The van der Waals surface area contributed by atoms with E-state index in [1.807, 2.05) is 0 Å². The highest BCUT2D eigenvalue weighted by Gasteiger charge is 2.17. The summed E-state index contributed by atoms with van der Waals surface area (Å²) in [7, 11) is 0. The minimum Gasteiger partial charge on any atom is -0.459 e. The molecular weight excluding hydrogens is 206 g/mol. The Morgan fingerprint density at radius 1 is 1.44 bits per heavy atom. The topological polar surface area (TPSA) is 52.3 Å². The van der Waals surface area contributed by atoms with Crippen LogP contribution >= 0.6 is 0 Å². The number of carbonyl (C=O) groups excluding carboxylic acids is 1. The molecule has 1 aromatic rings. The van der Waals surface area contributed by atoms with Crippen LogP contribution < -0.4 is 0 Å². The molecule has 1 saturated carbocycles. The third kappa shape index (κ3) is 3.36. The van der Waals surface area contributed by atoms with Gasteiger partial charge in [-0.15, -0.1) is 0 Å². The number of nitrogens with zero attached hydrogens (tertiary/aromatic N) is 1. The summed E-state index contributed by atoms with van der Waals surface area (Å²) in [4.78, 5) is 11.5. The second-order valence-corrected chi connectivity index (χ2v) is 4.36. The molecule has 0 radical (unpaired) electrons. The fourth-order valence-corrected chi connectivity index (χ4v) is 2.15. The molecule has 4 nitrogen and oxygen atoms in total. The summed E-state index contributed by atoms with van der Waals surface area (Å²) in [6.45, 7) is 0.224. The Morgan fingerprint density at radius 3 is 2.94 bits per heavy atom. The molecule has 0 N–H and O–H groups in total. The zero-order valence-corrected chi connectivity index (χ0v) is 9.35. The van der Waals surface area contributed by atoms with Crippen molar-refractivity contribution in [2.24, 2.45) is 5.92 Å². The minimum absolute atomic E-state index is 0.116. The van der Waals surface area contributed by atoms with Crippen molar-refractivity contribution in [1.82, 2.24) is 5.16 Å². The third-order valence-electron chi connectivity index (χ3n) is 3.05. The van der Waals surface area contributed by atoms with E-state index in [2.05, 4.69) is 9.68 Å². The van der Waals surface area contributed by atoms with E-state index in [0.717, 1.165) is 0 Å². The molecule has 0 atom stereocenters. The molecule has 0 saturated heterocycles. The summed E-state index contributed by atoms with van der Waals surface area (Å²) in [6.07, 6.45) is 8.17. The first-order chi connectivity index (χ1) is 7.84. The van der Waals surface area contributed by atoms with Crippen LogP contribution in [0.25, 0.3) is 0 Å². The standard InChI is InChI=1S/C12H17NO3/c14-12(8-10-4-2-1-3-5-10)15-9-11-6-7-16-13-11/h6-7,10H,1-5,8-9H2. The second-order valence-electron chi connectivity index (χ2n) is 4.36. The third-order valence-corrected chi connectivity index (χ3v) is 3.05. The fourth-order valence-electron chi connectivity index (χ4n) is 2.15. The highest BCUT2D eigenvalue weighted by molar-refractivity contribution is 5.69. The molecule has 1 heterocycles. The summed E-state index contributed by atoms with van der Waals surface area (Å²) in [6, 6.07) is 1.70. The SMILES string of the molecule is O=C(CC1CCCCC1)OCc1ccon1. The number of hydrogen-bond acceptors (Lipinski definition) is 4. The number of ether oxygens (including phenoxy) is 1. The summed E-state index contributed by atoms with van der Waals surface area (Å²) >= 11 is 0. The van der Waals surface area contributed by atoms with Crippen molar-refractivity contribution < 1.29 is 14.1 Å². The average molecular weight is 223 g/mol. The second kappa shape index (κ2) is 5.68. The van der Waals surface area contributed by atoms with Crippen molar-refractivity contribution >= 4 is 5.97 Å². The van der Waals surface area contributed by atoms with Crippen LogP contribution in [0.3, 0.4) is 0 Å². The molecule has 0 unspecified atom stereocenters. The number of hydrogen-bond donors (Lipinski definition) is 0. The van der Waals surface area contributed by atoms with Crippen molar-refractivity contribution in [3.63, 3.8) is 0 Å². The van der Waals surface area contributed by atoms with Gasteiger partial charge in [0.25, 0.3) is 0 Å². The zero-order valence-electron chi connectivity index (χ0n) is 9.35. The van der Waals surface area contributed by atoms with E-state index in [1.54, 1.807) is 6.07 Å². The maximum Gasteiger partial charge on any atom is 0.306 e. The molecular formula is C12H17NO3. The number of esters is 1. The van der Waals surface area contributed by atoms with Crippen LogP contribution in [0.15, 0.2) is 16.9 Å². The van der Waals surface area contributed by atoms with Gasteiger partial charge in [-0.3, -0.25) is 4.79 Å². The maximum absolute atomic E-state index is 11.5. The van der Waals surface area contributed by atoms with Crippen molar-refractivity contribution in [3.8, 4) is 0 Å². The first-order valence-corrected chi connectivity index (χ1v) is 5.89. The zero-order chi connectivity index (χ0) is 11.2. The predicted octanol–water partition coefficient (Wildman–Crippen LogP) is 2.69. The molecule has 1 fully saturated rings. The molecule has 4 heteroatoms. The molecule has 16 heavy (non-hydrogen) atoms. The quantitative estimate of drug-likeness (QED) is 0.736. The lowest BCUT2D eigenvalue weighted by Gasteiger charge is -2.20. The van der Waals surface area contributed by atoms with E-state index < -0.39 is 0 Å². The van der Waals surface area contributed by atoms with Gasteiger partial charge in [0, 0.05) is 12.5 Å². The largest absolute Gasteiger partial charge is 0.459 e. The van der Waals surface area contributed by atoms with E-state index in [0.29, 0.717) is 18.0 Å². The molecule has 2 rings (SSSR count). The van der Waals surface area contributed by atoms with Crippen molar-refractivity contribution in [2.45, 2.75) is 45.1 Å². The van der Waals surface area contributed by atoms with Crippen LogP contribution in [0.1, 0.15) is 44.2 Å². The van der Waals surface area contributed by atoms with Crippen molar-refractivity contribution in [1.29, 1.82) is 0 Å². The lowest BCUT2D eigenvalue weighted by Crippen LogP contribution is -2.14. The minimum atomic E-state index is -0.116. The average Bonchev–Trinajstić information content (AvgIpc) is 2.81. The molecule has 0 amide bonds. The van der Waals surface area contributed by atoms with Gasteiger partial charge in [-0.25, -0.2) is 0 Å². The molecule has 1 aliphatic rings. The molecule has 1 aliphatic carbocycles. The number of aromatic nitrogens is 1. The Bertz CT molecular complexity index is 315. The highest BCUT2D eigenvalue weighted by atomic mass is 16.5. The van der Waals surface area contributed by atoms with Crippen molar-refractivity contribution in [3.05, 3.63) is 18.0 Å². The number of carbonyl (C=O) groups is 1. The lowest BCUT2D eigenvalue weighted by atomic mass is 9.87. The maximum atomic E-state index is 11.5. The fraction of sp³-hybridized carbons (Fsp3) is 0.667. The van der Waals surface area contributed by atoms with E-state index in [1.165, 1.54) is 38.4 Å². The monoisotopic (exact) mass is 223 g/mol. The molecule has 0 aromatic carbocycles. The van der Waals surface area contributed by atoms with Crippen LogP contribution in [0.4, 0.5) is 0 Å². The van der Waals surface area contributed by atoms with Gasteiger partial charge >= 0.3 is 5.97 Å². The van der Waals surface area contributed by atoms with E-state index in [4.69, 9.17) is 4.74 Å². The van der Waals surface area contributed by atoms with Crippen LogP contribution in [0, 0.1) is 5.92 Å². The van der Waals surface area contributed by atoms with Gasteiger partial charge in [0.2, 0.25) is 0 Å². The molecule has 1 aromatic heterocycles. The van der Waals surface area contributed by atoms with Crippen molar-refractivity contribution in [2.75, 3.05) is 0 Å². The summed E-state index contributed by atoms with van der Waals surface area (Å²) in [5.74, 6) is 0.411. The molecule has 88 valence electrons. The predicted molar refractivity (Wildman–Crippen MR) is 57.5 cm³/mol. The molecule has 0 aliphatic heterocycles. The van der Waals surface area contributed by atoms with Crippen LogP contribution in [0.5, 0.6) is 0 Å². The first kappa shape index (κ1) is 11.2. The summed E-state index contributed by atoms with van der Waals surface area (Å²) in [5.41, 5.74) is 0.664. The normalized spacial score (nSPS) is 17.2. The lowest BCUT2D eigenvalue weighted by molar-refractivity contribution is -0.146. The Morgan fingerprint density at radius 2 is 2.25 bits per heavy atom. The van der Waals surface area contributed by atoms with Gasteiger partial charge in [-0.2, -0.15) is 0 Å². The Kier molecular flexibility index (Phi) is 3.97. The van der Waals surface area contributed by atoms with Gasteiger partial charge < -0.3 is 9.26 Å². The Hall–Kier alpha value is -1.32. The van der Waals surface area contributed by atoms with Crippen LogP contribution in [-0.4, -0.2) is 11.1 Å². The molecule has 0 bridgehead atoms. The van der Waals surface area contributed by atoms with Gasteiger partial charge in [-0.1, -0.05) is 24.4 Å². The van der Waals surface area contributed by atoms with E-state index in [-0.39, 0.29) is 12.6 Å². The number of rotatable bonds is 4. The van der Waals surface area contributed by atoms with Gasteiger partial charge in [0.15, 0.2) is 0 Å². The summed E-state index contributed by atoms with van der Waals surface area (Å²) in [5, 5.41) is 3.68. The smallest absolute Gasteiger partial charge is 0.306 e. The van der Waals surface area contributed by atoms with Crippen LogP contribution in [-0.2, 0) is 16.1 Å².